The third-order valence-corrected chi connectivity index (χ3v) is 4.84. The van der Waals surface area contributed by atoms with Crippen molar-refractivity contribution in [2.75, 3.05) is 26.3 Å². The average molecular weight is 354 g/mol. The van der Waals surface area contributed by atoms with Gasteiger partial charge in [0.15, 0.2) is 6.61 Å². The van der Waals surface area contributed by atoms with Gasteiger partial charge in [0.05, 0.1) is 12.8 Å². The predicted molar refractivity (Wildman–Crippen MR) is 100 cm³/mol. The van der Waals surface area contributed by atoms with Crippen molar-refractivity contribution in [2.24, 2.45) is 5.92 Å². The van der Waals surface area contributed by atoms with E-state index in [4.69, 9.17) is 9.47 Å². The first-order chi connectivity index (χ1) is 12.7. The number of piperidine rings is 1. The first kappa shape index (κ1) is 18.2. The Morgan fingerprint density at radius 3 is 2.69 bits per heavy atom. The van der Waals surface area contributed by atoms with Crippen molar-refractivity contribution < 1.29 is 14.3 Å². The largest absolute Gasteiger partial charge is 0.492 e. The molecule has 1 fully saturated rings. The van der Waals surface area contributed by atoms with Gasteiger partial charge in [-0.05, 0) is 55.9 Å². The molecule has 1 aromatic carbocycles. The fourth-order valence-electron chi connectivity index (χ4n) is 3.20. The Labute approximate surface area is 155 Å². The number of hydrogen-bond acceptors (Lipinski definition) is 4. The van der Waals surface area contributed by atoms with Crippen molar-refractivity contribution in [3.63, 3.8) is 0 Å². The van der Waals surface area contributed by atoms with Crippen LogP contribution in [0.5, 0.6) is 11.5 Å². The van der Waals surface area contributed by atoms with E-state index in [0.717, 1.165) is 49.4 Å². The van der Waals surface area contributed by atoms with Crippen LogP contribution in [0.25, 0.3) is 0 Å². The van der Waals surface area contributed by atoms with Gasteiger partial charge in [0.2, 0.25) is 0 Å². The molecule has 1 aromatic heterocycles. The SMILES string of the molecule is Cc1ccccc1OCC(=O)N1CCC(CCOc2cccnc2)CC1. The second-order valence-electron chi connectivity index (χ2n) is 6.70. The zero-order valence-corrected chi connectivity index (χ0v) is 15.3. The number of ether oxygens (including phenoxy) is 2. The van der Waals surface area contributed by atoms with E-state index in [2.05, 4.69) is 4.98 Å². The zero-order valence-electron chi connectivity index (χ0n) is 15.3. The van der Waals surface area contributed by atoms with Crippen molar-refractivity contribution in [2.45, 2.75) is 26.2 Å². The van der Waals surface area contributed by atoms with E-state index < -0.39 is 0 Å². The van der Waals surface area contributed by atoms with Gasteiger partial charge in [-0.2, -0.15) is 0 Å². The van der Waals surface area contributed by atoms with E-state index >= 15 is 0 Å². The highest BCUT2D eigenvalue weighted by molar-refractivity contribution is 5.77. The molecule has 2 aromatic rings. The van der Waals surface area contributed by atoms with Gasteiger partial charge in [0, 0.05) is 19.3 Å². The Kier molecular flexibility index (Phi) is 6.47. The first-order valence-corrected chi connectivity index (χ1v) is 9.21. The first-order valence-electron chi connectivity index (χ1n) is 9.21. The summed E-state index contributed by atoms with van der Waals surface area (Å²) in [5, 5.41) is 0. The van der Waals surface area contributed by atoms with Crippen molar-refractivity contribution in [3.8, 4) is 11.5 Å². The molecule has 26 heavy (non-hydrogen) atoms. The molecule has 3 rings (SSSR count). The van der Waals surface area contributed by atoms with E-state index in [9.17, 15) is 4.79 Å². The van der Waals surface area contributed by atoms with Crippen LogP contribution in [-0.4, -0.2) is 42.1 Å². The molecule has 0 bridgehead atoms. The lowest BCUT2D eigenvalue weighted by Gasteiger charge is -2.32. The smallest absolute Gasteiger partial charge is 0.260 e. The summed E-state index contributed by atoms with van der Waals surface area (Å²) in [7, 11) is 0. The summed E-state index contributed by atoms with van der Waals surface area (Å²) < 4.78 is 11.4. The van der Waals surface area contributed by atoms with Crippen LogP contribution in [0, 0.1) is 12.8 Å². The molecular weight excluding hydrogens is 328 g/mol. The fourth-order valence-corrected chi connectivity index (χ4v) is 3.20. The number of pyridine rings is 1. The van der Waals surface area contributed by atoms with Gasteiger partial charge in [0.1, 0.15) is 11.5 Å². The third kappa shape index (κ3) is 5.22. The lowest BCUT2D eigenvalue weighted by atomic mass is 9.94. The normalized spacial score (nSPS) is 14.9. The number of aromatic nitrogens is 1. The summed E-state index contributed by atoms with van der Waals surface area (Å²) >= 11 is 0. The number of benzene rings is 1. The minimum Gasteiger partial charge on any atom is -0.492 e. The molecule has 5 nitrogen and oxygen atoms in total. The monoisotopic (exact) mass is 354 g/mol. The summed E-state index contributed by atoms with van der Waals surface area (Å²) in [6.07, 6.45) is 6.52. The number of likely N-dealkylation sites (tertiary alicyclic amines) is 1. The fraction of sp³-hybridized carbons (Fsp3) is 0.429. The van der Waals surface area contributed by atoms with E-state index in [-0.39, 0.29) is 12.5 Å². The molecule has 0 N–H and O–H groups in total. The van der Waals surface area contributed by atoms with E-state index in [0.29, 0.717) is 12.5 Å². The van der Waals surface area contributed by atoms with Crippen LogP contribution in [0.1, 0.15) is 24.8 Å². The number of carbonyl (C=O) groups excluding carboxylic acids is 1. The minimum atomic E-state index is 0.0679. The molecule has 2 heterocycles. The van der Waals surface area contributed by atoms with Gasteiger partial charge < -0.3 is 14.4 Å². The van der Waals surface area contributed by atoms with Crippen LogP contribution in [0.15, 0.2) is 48.8 Å². The summed E-state index contributed by atoms with van der Waals surface area (Å²) in [6.45, 7) is 4.39. The topological polar surface area (TPSA) is 51.7 Å². The molecule has 0 spiro atoms. The number of aryl methyl sites for hydroxylation is 1. The molecular formula is C21H26N2O3. The van der Waals surface area contributed by atoms with Crippen molar-refractivity contribution in [3.05, 3.63) is 54.4 Å². The highest BCUT2D eigenvalue weighted by Crippen LogP contribution is 2.22. The number of rotatable bonds is 7. The van der Waals surface area contributed by atoms with Crippen LogP contribution < -0.4 is 9.47 Å². The van der Waals surface area contributed by atoms with E-state index in [1.165, 1.54) is 0 Å². The maximum Gasteiger partial charge on any atom is 0.260 e. The summed E-state index contributed by atoms with van der Waals surface area (Å²) in [5.41, 5.74) is 1.05. The van der Waals surface area contributed by atoms with Crippen LogP contribution in [0.3, 0.4) is 0 Å². The number of hydrogen-bond donors (Lipinski definition) is 0. The minimum absolute atomic E-state index is 0.0679. The number of carbonyl (C=O) groups is 1. The Hall–Kier alpha value is -2.56. The van der Waals surface area contributed by atoms with Gasteiger partial charge in [-0.3, -0.25) is 9.78 Å². The Bertz CT molecular complexity index is 697. The van der Waals surface area contributed by atoms with Crippen LogP contribution >= 0.6 is 0 Å². The molecule has 0 aliphatic carbocycles. The highest BCUT2D eigenvalue weighted by atomic mass is 16.5. The molecule has 1 aliphatic rings. The number of amides is 1. The molecule has 0 saturated carbocycles. The summed E-state index contributed by atoms with van der Waals surface area (Å²) in [5.74, 6) is 2.27. The average Bonchev–Trinajstić information content (AvgIpc) is 2.68. The Morgan fingerprint density at radius 1 is 1.15 bits per heavy atom. The lowest BCUT2D eigenvalue weighted by molar-refractivity contribution is -0.134. The van der Waals surface area contributed by atoms with Crippen molar-refractivity contribution in [1.82, 2.24) is 9.88 Å². The van der Waals surface area contributed by atoms with Crippen molar-refractivity contribution in [1.29, 1.82) is 0 Å². The second-order valence-corrected chi connectivity index (χ2v) is 6.70. The van der Waals surface area contributed by atoms with Gasteiger partial charge in [-0.25, -0.2) is 0 Å². The maximum absolute atomic E-state index is 12.4. The van der Waals surface area contributed by atoms with Crippen LogP contribution in [0.4, 0.5) is 0 Å². The van der Waals surface area contributed by atoms with Crippen LogP contribution in [-0.2, 0) is 4.79 Å². The molecule has 138 valence electrons. The zero-order chi connectivity index (χ0) is 18.2. The maximum atomic E-state index is 12.4. The standard InChI is InChI=1S/C21H26N2O3/c1-17-5-2-3-7-20(17)26-16-21(24)23-12-8-18(9-13-23)10-14-25-19-6-4-11-22-15-19/h2-7,11,15,18H,8-10,12-14,16H2,1H3. The van der Waals surface area contributed by atoms with Gasteiger partial charge in [-0.1, -0.05) is 18.2 Å². The molecule has 1 aliphatic heterocycles. The van der Waals surface area contributed by atoms with E-state index in [1.54, 1.807) is 12.4 Å². The van der Waals surface area contributed by atoms with Crippen LogP contribution in [0.2, 0.25) is 0 Å². The van der Waals surface area contributed by atoms with E-state index in [1.807, 2.05) is 48.2 Å². The van der Waals surface area contributed by atoms with Gasteiger partial charge in [-0.15, -0.1) is 0 Å². The molecule has 0 radical (unpaired) electrons. The molecule has 0 unspecified atom stereocenters. The summed E-state index contributed by atoms with van der Waals surface area (Å²) in [6, 6.07) is 11.6. The number of para-hydroxylation sites is 1. The lowest BCUT2D eigenvalue weighted by Crippen LogP contribution is -2.41. The predicted octanol–water partition coefficient (Wildman–Crippen LogP) is 3.48. The Balaban J connectivity index is 1.35. The molecule has 0 atom stereocenters. The molecule has 5 heteroatoms. The Morgan fingerprint density at radius 2 is 1.96 bits per heavy atom. The summed E-state index contributed by atoms with van der Waals surface area (Å²) in [4.78, 5) is 18.3. The van der Waals surface area contributed by atoms with Gasteiger partial charge >= 0.3 is 0 Å². The molecule has 1 amide bonds. The number of nitrogens with zero attached hydrogens (tertiary/aromatic N) is 2. The molecule has 1 saturated heterocycles. The quantitative estimate of drug-likeness (QED) is 0.764. The van der Waals surface area contributed by atoms with Crippen molar-refractivity contribution >= 4 is 5.91 Å². The van der Waals surface area contributed by atoms with Gasteiger partial charge in [0.25, 0.3) is 5.91 Å². The third-order valence-electron chi connectivity index (χ3n) is 4.84. The second kappa shape index (κ2) is 9.22. The highest BCUT2D eigenvalue weighted by Gasteiger charge is 2.23.